The van der Waals surface area contributed by atoms with Gasteiger partial charge in [0.15, 0.2) is 0 Å². The Balaban J connectivity index is 3.71. The standard InChI is InChI=1S/C9H19N/c1-7(2)6-9(10-5)8(3)4/h8-10H,1,6H2,2-5H3. The van der Waals surface area contributed by atoms with Crippen molar-refractivity contribution < 1.29 is 0 Å². The van der Waals surface area contributed by atoms with E-state index in [0.717, 1.165) is 6.42 Å². The first-order chi connectivity index (χ1) is 4.57. The molecule has 0 aliphatic heterocycles. The van der Waals surface area contributed by atoms with Crippen LogP contribution in [0.25, 0.3) is 0 Å². The third-order valence-corrected chi connectivity index (χ3v) is 1.74. The Morgan fingerprint density at radius 3 is 2.10 bits per heavy atom. The summed E-state index contributed by atoms with van der Waals surface area (Å²) in [5, 5.41) is 3.27. The molecule has 0 saturated heterocycles. The molecule has 1 atom stereocenters. The minimum atomic E-state index is 0.595. The van der Waals surface area contributed by atoms with Crippen LogP contribution in [0.15, 0.2) is 12.2 Å². The Morgan fingerprint density at radius 2 is 2.00 bits per heavy atom. The van der Waals surface area contributed by atoms with Crippen molar-refractivity contribution in [2.75, 3.05) is 7.05 Å². The molecule has 1 nitrogen and oxygen atoms in total. The summed E-state index contributed by atoms with van der Waals surface area (Å²) < 4.78 is 0. The van der Waals surface area contributed by atoms with Crippen LogP contribution >= 0.6 is 0 Å². The summed E-state index contributed by atoms with van der Waals surface area (Å²) in [6.45, 7) is 10.4. The second kappa shape index (κ2) is 4.51. The third-order valence-electron chi connectivity index (χ3n) is 1.74. The van der Waals surface area contributed by atoms with E-state index in [0.29, 0.717) is 12.0 Å². The van der Waals surface area contributed by atoms with E-state index in [1.807, 2.05) is 7.05 Å². The lowest BCUT2D eigenvalue weighted by Crippen LogP contribution is -2.30. The van der Waals surface area contributed by atoms with Gasteiger partial charge in [-0.05, 0) is 26.3 Å². The van der Waals surface area contributed by atoms with Gasteiger partial charge in [-0.1, -0.05) is 19.4 Å². The van der Waals surface area contributed by atoms with Crippen LogP contribution in [-0.4, -0.2) is 13.1 Å². The Hall–Kier alpha value is -0.300. The van der Waals surface area contributed by atoms with E-state index in [4.69, 9.17) is 0 Å². The van der Waals surface area contributed by atoms with Crippen LogP contribution in [0.5, 0.6) is 0 Å². The molecule has 0 saturated carbocycles. The molecule has 0 rings (SSSR count). The molecule has 1 heteroatoms. The normalized spacial score (nSPS) is 13.7. The predicted molar refractivity (Wildman–Crippen MR) is 47.1 cm³/mol. The Labute approximate surface area is 64.5 Å². The van der Waals surface area contributed by atoms with Crippen LogP contribution in [-0.2, 0) is 0 Å². The molecule has 0 aromatic heterocycles. The van der Waals surface area contributed by atoms with E-state index < -0.39 is 0 Å². The largest absolute Gasteiger partial charge is 0.316 e. The quantitative estimate of drug-likeness (QED) is 0.592. The van der Waals surface area contributed by atoms with Gasteiger partial charge in [-0.25, -0.2) is 0 Å². The molecule has 10 heavy (non-hydrogen) atoms. The highest BCUT2D eigenvalue weighted by molar-refractivity contribution is 4.93. The molecule has 0 aliphatic carbocycles. The number of rotatable bonds is 4. The lowest BCUT2D eigenvalue weighted by molar-refractivity contribution is 0.424. The Bertz CT molecular complexity index is 105. The van der Waals surface area contributed by atoms with Gasteiger partial charge in [0.1, 0.15) is 0 Å². The maximum atomic E-state index is 3.89. The summed E-state index contributed by atoms with van der Waals surface area (Å²) in [5.41, 5.74) is 1.26. The van der Waals surface area contributed by atoms with Crippen molar-refractivity contribution in [2.24, 2.45) is 5.92 Å². The molecule has 60 valence electrons. The zero-order valence-electron chi connectivity index (χ0n) is 7.57. The van der Waals surface area contributed by atoms with Crippen molar-refractivity contribution in [3.8, 4) is 0 Å². The summed E-state index contributed by atoms with van der Waals surface area (Å²) in [6.07, 6.45) is 1.09. The molecule has 1 N–H and O–H groups in total. The first kappa shape index (κ1) is 9.70. The molecular weight excluding hydrogens is 122 g/mol. The maximum Gasteiger partial charge on any atom is 0.0124 e. The maximum absolute atomic E-state index is 3.89. The molecule has 0 radical (unpaired) electrons. The average Bonchev–Trinajstić information content (AvgIpc) is 1.81. The van der Waals surface area contributed by atoms with E-state index in [1.165, 1.54) is 5.57 Å². The first-order valence-electron chi connectivity index (χ1n) is 3.89. The molecule has 0 aromatic carbocycles. The number of hydrogen-bond acceptors (Lipinski definition) is 1. The smallest absolute Gasteiger partial charge is 0.0124 e. The monoisotopic (exact) mass is 141 g/mol. The molecule has 0 aliphatic rings. The molecule has 0 fully saturated rings. The minimum absolute atomic E-state index is 0.595. The molecule has 0 amide bonds. The fraction of sp³-hybridized carbons (Fsp3) is 0.778. The van der Waals surface area contributed by atoms with Crippen molar-refractivity contribution in [1.82, 2.24) is 5.32 Å². The highest BCUT2D eigenvalue weighted by Gasteiger charge is 2.09. The number of hydrogen-bond donors (Lipinski definition) is 1. The zero-order chi connectivity index (χ0) is 8.15. The average molecular weight is 141 g/mol. The van der Waals surface area contributed by atoms with Crippen molar-refractivity contribution in [1.29, 1.82) is 0 Å². The van der Waals surface area contributed by atoms with Crippen LogP contribution in [0.4, 0.5) is 0 Å². The summed E-state index contributed by atoms with van der Waals surface area (Å²) in [5.74, 6) is 0.696. The highest BCUT2D eigenvalue weighted by atomic mass is 14.9. The Kier molecular flexibility index (Phi) is 4.37. The molecule has 0 heterocycles. The van der Waals surface area contributed by atoms with E-state index in [9.17, 15) is 0 Å². The first-order valence-corrected chi connectivity index (χ1v) is 3.89. The van der Waals surface area contributed by atoms with Gasteiger partial charge < -0.3 is 5.32 Å². The van der Waals surface area contributed by atoms with Crippen LogP contribution in [0.1, 0.15) is 27.2 Å². The second-order valence-electron chi connectivity index (χ2n) is 3.30. The lowest BCUT2D eigenvalue weighted by atomic mass is 9.98. The van der Waals surface area contributed by atoms with Crippen LogP contribution in [0.3, 0.4) is 0 Å². The van der Waals surface area contributed by atoms with Gasteiger partial charge in [0.2, 0.25) is 0 Å². The second-order valence-corrected chi connectivity index (χ2v) is 3.30. The van der Waals surface area contributed by atoms with Gasteiger partial charge in [-0.15, -0.1) is 6.58 Å². The number of nitrogens with one attached hydrogen (secondary N) is 1. The third kappa shape index (κ3) is 3.67. The molecular formula is C9H19N. The fourth-order valence-electron chi connectivity index (χ4n) is 1.05. The van der Waals surface area contributed by atoms with Gasteiger partial charge >= 0.3 is 0 Å². The van der Waals surface area contributed by atoms with Gasteiger partial charge in [0.05, 0.1) is 0 Å². The molecule has 0 aromatic rings. The zero-order valence-corrected chi connectivity index (χ0v) is 7.57. The molecule has 0 bridgehead atoms. The van der Waals surface area contributed by atoms with E-state index in [2.05, 4.69) is 32.7 Å². The highest BCUT2D eigenvalue weighted by Crippen LogP contribution is 2.09. The van der Waals surface area contributed by atoms with Crippen molar-refractivity contribution in [3.05, 3.63) is 12.2 Å². The van der Waals surface area contributed by atoms with Crippen molar-refractivity contribution >= 4 is 0 Å². The van der Waals surface area contributed by atoms with Crippen LogP contribution in [0, 0.1) is 5.92 Å². The minimum Gasteiger partial charge on any atom is -0.316 e. The van der Waals surface area contributed by atoms with Gasteiger partial charge in [0.25, 0.3) is 0 Å². The van der Waals surface area contributed by atoms with Crippen LogP contribution < -0.4 is 5.32 Å². The predicted octanol–water partition coefficient (Wildman–Crippen LogP) is 2.20. The Morgan fingerprint density at radius 1 is 1.50 bits per heavy atom. The lowest BCUT2D eigenvalue weighted by Gasteiger charge is -2.19. The summed E-state index contributed by atoms with van der Waals surface area (Å²) in [6, 6.07) is 0.595. The van der Waals surface area contributed by atoms with Crippen molar-refractivity contribution in [2.45, 2.75) is 33.2 Å². The fourth-order valence-corrected chi connectivity index (χ4v) is 1.05. The van der Waals surface area contributed by atoms with Crippen LogP contribution in [0.2, 0.25) is 0 Å². The molecule has 0 spiro atoms. The van der Waals surface area contributed by atoms with Gasteiger partial charge in [-0.3, -0.25) is 0 Å². The topological polar surface area (TPSA) is 12.0 Å². The molecule has 1 unspecified atom stereocenters. The SMILES string of the molecule is C=C(C)CC(NC)C(C)C. The summed E-state index contributed by atoms with van der Waals surface area (Å²) in [7, 11) is 2.01. The van der Waals surface area contributed by atoms with Gasteiger partial charge in [-0.2, -0.15) is 0 Å². The van der Waals surface area contributed by atoms with Crippen molar-refractivity contribution in [3.63, 3.8) is 0 Å². The van der Waals surface area contributed by atoms with E-state index >= 15 is 0 Å². The van der Waals surface area contributed by atoms with Gasteiger partial charge in [0, 0.05) is 6.04 Å². The summed E-state index contributed by atoms with van der Waals surface area (Å²) >= 11 is 0. The van der Waals surface area contributed by atoms with E-state index in [1.54, 1.807) is 0 Å². The summed E-state index contributed by atoms with van der Waals surface area (Å²) in [4.78, 5) is 0. The van der Waals surface area contributed by atoms with E-state index in [-0.39, 0.29) is 0 Å².